The van der Waals surface area contributed by atoms with Crippen molar-refractivity contribution in [3.05, 3.63) is 35.8 Å². The van der Waals surface area contributed by atoms with E-state index in [2.05, 4.69) is 25.5 Å². The zero-order valence-electron chi connectivity index (χ0n) is 10.5. The van der Waals surface area contributed by atoms with Gasteiger partial charge in [-0.2, -0.15) is 5.10 Å². The highest BCUT2D eigenvalue weighted by Crippen LogP contribution is 2.11. The summed E-state index contributed by atoms with van der Waals surface area (Å²) in [5.74, 6) is 0.141. The molecular weight excluding hydrogens is 244 g/mol. The van der Waals surface area contributed by atoms with Crippen molar-refractivity contribution in [1.29, 1.82) is 0 Å². The number of carbonyl (C=O) groups is 1. The molecule has 3 N–H and O–H groups in total. The summed E-state index contributed by atoms with van der Waals surface area (Å²) in [6.07, 6.45) is 4.59. The maximum Gasteiger partial charge on any atom is 0.258 e. The zero-order valence-corrected chi connectivity index (χ0v) is 10.5. The SMILES string of the molecule is CCCc1cc(C(=O)Nc2nccnn2)cc(N)n1. The van der Waals surface area contributed by atoms with E-state index in [0.29, 0.717) is 11.4 Å². The Morgan fingerprint density at radius 3 is 2.89 bits per heavy atom. The first kappa shape index (κ1) is 12.9. The fourth-order valence-corrected chi connectivity index (χ4v) is 1.60. The second-order valence-electron chi connectivity index (χ2n) is 3.94. The molecule has 0 fully saturated rings. The standard InChI is InChI=1S/C12H14N6O/c1-2-3-9-6-8(7-10(13)16-9)11(19)17-12-14-4-5-15-18-12/h4-7H,2-3H2,1H3,(H2,13,16)(H,14,17,18,19). The van der Waals surface area contributed by atoms with Crippen LogP contribution in [0.25, 0.3) is 0 Å². The summed E-state index contributed by atoms with van der Waals surface area (Å²) in [6, 6.07) is 3.23. The molecule has 0 unspecified atom stereocenters. The van der Waals surface area contributed by atoms with E-state index in [9.17, 15) is 4.79 Å². The first-order chi connectivity index (χ1) is 9.19. The summed E-state index contributed by atoms with van der Waals surface area (Å²) >= 11 is 0. The Bertz CT molecular complexity index is 572. The van der Waals surface area contributed by atoms with Gasteiger partial charge < -0.3 is 5.73 Å². The van der Waals surface area contributed by atoms with Gasteiger partial charge in [-0.25, -0.2) is 9.97 Å². The molecule has 0 atom stereocenters. The fraction of sp³-hybridized carbons (Fsp3) is 0.250. The molecule has 2 aromatic heterocycles. The molecule has 2 aromatic rings. The molecule has 0 radical (unpaired) electrons. The number of aromatic nitrogens is 4. The summed E-state index contributed by atoms with van der Waals surface area (Å²) in [4.78, 5) is 20.1. The topological polar surface area (TPSA) is 107 Å². The van der Waals surface area contributed by atoms with Crippen LogP contribution in [0.3, 0.4) is 0 Å². The number of hydrogen-bond acceptors (Lipinski definition) is 6. The number of hydrogen-bond donors (Lipinski definition) is 2. The third kappa shape index (κ3) is 3.44. The maximum atomic E-state index is 12.0. The van der Waals surface area contributed by atoms with Gasteiger partial charge in [0.1, 0.15) is 5.82 Å². The molecule has 0 aliphatic heterocycles. The lowest BCUT2D eigenvalue weighted by atomic mass is 10.1. The van der Waals surface area contributed by atoms with Gasteiger partial charge in [-0.3, -0.25) is 10.1 Å². The van der Waals surface area contributed by atoms with Crippen LogP contribution in [-0.4, -0.2) is 26.1 Å². The number of nitrogen functional groups attached to an aromatic ring is 1. The molecule has 7 heteroatoms. The van der Waals surface area contributed by atoms with E-state index in [1.54, 1.807) is 6.07 Å². The van der Waals surface area contributed by atoms with Crippen molar-refractivity contribution in [2.75, 3.05) is 11.1 Å². The predicted octanol–water partition coefficient (Wildman–Crippen LogP) is 1.05. The van der Waals surface area contributed by atoms with E-state index >= 15 is 0 Å². The van der Waals surface area contributed by atoms with Gasteiger partial charge >= 0.3 is 0 Å². The Hall–Kier alpha value is -2.57. The molecular formula is C12H14N6O. The smallest absolute Gasteiger partial charge is 0.258 e. The van der Waals surface area contributed by atoms with Gasteiger partial charge in [0, 0.05) is 11.3 Å². The highest BCUT2D eigenvalue weighted by molar-refractivity contribution is 6.03. The van der Waals surface area contributed by atoms with Crippen LogP contribution < -0.4 is 11.1 Å². The second-order valence-corrected chi connectivity index (χ2v) is 3.94. The Morgan fingerprint density at radius 2 is 2.21 bits per heavy atom. The molecule has 7 nitrogen and oxygen atoms in total. The first-order valence-corrected chi connectivity index (χ1v) is 5.90. The molecule has 0 spiro atoms. The summed E-state index contributed by atoms with van der Waals surface area (Å²) in [7, 11) is 0. The van der Waals surface area contributed by atoms with Crippen molar-refractivity contribution in [3.8, 4) is 0 Å². The molecule has 1 amide bonds. The van der Waals surface area contributed by atoms with Crippen molar-refractivity contribution in [2.45, 2.75) is 19.8 Å². The summed E-state index contributed by atoms with van der Waals surface area (Å²) in [5, 5.41) is 9.86. The van der Waals surface area contributed by atoms with Crippen LogP contribution in [0.4, 0.5) is 11.8 Å². The highest BCUT2D eigenvalue weighted by Gasteiger charge is 2.10. The van der Waals surface area contributed by atoms with Gasteiger partial charge in [-0.05, 0) is 18.6 Å². The fourth-order valence-electron chi connectivity index (χ4n) is 1.60. The van der Waals surface area contributed by atoms with Crippen molar-refractivity contribution in [1.82, 2.24) is 20.2 Å². The molecule has 19 heavy (non-hydrogen) atoms. The average Bonchev–Trinajstić information content (AvgIpc) is 2.39. The van der Waals surface area contributed by atoms with E-state index in [1.807, 2.05) is 6.92 Å². The van der Waals surface area contributed by atoms with E-state index in [1.165, 1.54) is 18.5 Å². The number of pyridine rings is 1. The molecule has 0 bridgehead atoms. The van der Waals surface area contributed by atoms with Gasteiger partial charge in [-0.1, -0.05) is 13.3 Å². The predicted molar refractivity (Wildman–Crippen MR) is 70.4 cm³/mol. The van der Waals surface area contributed by atoms with E-state index < -0.39 is 0 Å². The molecule has 98 valence electrons. The van der Waals surface area contributed by atoms with E-state index in [-0.39, 0.29) is 11.9 Å². The molecule has 2 rings (SSSR count). The minimum atomic E-state index is -0.334. The van der Waals surface area contributed by atoms with Crippen molar-refractivity contribution in [2.24, 2.45) is 0 Å². The largest absolute Gasteiger partial charge is 0.384 e. The van der Waals surface area contributed by atoms with Crippen LogP contribution in [0.5, 0.6) is 0 Å². The highest BCUT2D eigenvalue weighted by atomic mass is 16.1. The number of amides is 1. The lowest BCUT2D eigenvalue weighted by Crippen LogP contribution is -2.15. The Kier molecular flexibility index (Phi) is 3.97. The summed E-state index contributed by atoms with van der Waals surface area (Å²) < 4.78 is 0. The molecule has 0 saturated heterocycles. The number of nitrogens with zero attached hydrogens (tertiary/aromatic N) is 4. The van der Waals surface area contributed by atoms with Gasteiger partial charge in [0.25, 0.3) is 5.91 Å². The van der Waals surface area contributed by atoms with Crippen LogP contribution in [0.15, 0.2) is 24.5 Å². The second kappa shape index (κ2) is 5.85. The number of aryl methyl sites for hydroxylation is 1. The lowest BCUT2D eigenvalue weighted by molar-refractivity contribution is 0.102. The van der Waals surface area contributed by atoms with Crippen LogP contribution >= 0.6 is 0 Å². The zero-order chi connectivity index (χ0) is 13.7. The third-order valence-corrected chi connectivity index (χ3v) is 2.37. The quantitative estimate of drug-likeness (QED) is 0.849. The van der Waals surface area contributed by atoms with E-state index in [0.717, 1.165) is 18.5 Å². The third-order valence-electron chi connectivity index (χ3n) is 2.37. The number of nitrogens with one attached hydrogen (secondary N) is 1. The van der Waals surface area contributed by atoms with Gasteiger partial charge in [0.2, 0.25) is 5.95 Å². The molecule has 0 aliphatic rings. The normalized spacial score (nSPS) is 10.2. The molecule has 0 saturated carbocycles. The summed E-state index contributed by atoms with van der Waals surface area (Å²) in [5.41, 5.74) is 6.91. The summed E-state index contributed by atoms with van der Waals surface area (Å²) in [6.45, 7) is 2.04. The number of carbonyl (C=O) groups excluding carboxylic acids is 1. The van der Waals surface area contributed by atoms with Crippen molar-refractivity contribution in [3.63, 3.8) is 0 Å². The van der Waals surface area contributed by atoms with Gasteiger partial charge in [0.05, 0.1) is 12.4 Å². The number of rotatable bonds is 4. The monoisotopic (exact) mass is 258 g/mol. The first-order valence-electron chi connectivity index (χ1n) is 5.90. The number of nitrogens with two attached hydrogens (primary N) is 1. The number of anilines is 2. The molecule has 2 heterocycles. The van der Waals surface area contributed by atoms with Gasteiger partial charge in [-0.15, -0.1) is 5.10 Å². The van der Waals surface area contributed by atoms with E-state index in [4.69, 9.17) is 5.73 Å². The Labute approximate surface area is 110 Å². The maximum absolute atomic E-state index is 12.0. The van der Waals surface area contributed by atoms with Crippen LogP contribution in [-0.2, 0) is 6.42 Å². The van der Waals surface area contributed by atoms with Crippen molar-refractivity contribution >= 4 is 17.7 Å². The minimum absolute atomic E-state index is 0.153. The average molecular weight is 258 g/mol. The van der Waals surface area contributed by atoms with Gasteiger partial charge in [0.15, 0.2) is 0 Å². The minimum Gasteiger partial charge on any atom is -0.384 e. The molecule has 0 aromatic carbocycles. The van der Waals surface area contributed by atoms with Crippen LogP contribution in [0.1, 0.15) is 29.4 Å². The van der Waals surface area contributed by atoms with Crippen LogP contribution in [0, 0.1) is 0 Å². The Balaban J connectivity index is 2.19. The molecule has 0 aliphatic carbocycles. The van der Waals surface area contributed by atoms with Crippen molar-refractivity contribution < 1.29 is 4.79 Å². The Morgan fingerprint density at radius 1 is 1.37 bits per heavy atom. The lowest BCUT2D eigenvalue weighted by Gasteiger charge is -2.06. The van der Waals surface area contributed by atoms with Crippen LogP contribution in [0.2, 0.25) is 0 Å².